The lowest BCUT2D eigenvalue weighted by atomic mass is 10.3. The van der Waals surface area contributed by atoms with Crippen molar-refractivity contribution in [1.82, 2.24) is 20.0 Å². The third kappa shape index (κ3) is 5.53. The van der Waals surface area contributed by atoms with Crippen LogP contribution in [-0.2, 0) is 11.3 Å². The molecular weight excluding hydrogens is 374 g/mol. The van der Waals surface area contributed by atoms with Crippen LogP contribution >= 0.6 is 34.4 Å². The van der Waals surface area contributed by atoms with E-state index in [0.29, 0.717) is 12.3 Å². The summed E-state index contributed by atoms with van der Waals surface area (Å²) in [5.41, 5.74) is 0. The molecule has 6 nitrogen and oxygen atoms in total. The molecule has 2 aromatic heterocycles. The second-order valence-electron chi connectivity index (χ2n) is 5.57. The standard InChI is InChI=1S/C16H21N5OS3/c1-2-5-17-15-18-19-16(25-15)24-12-14(22)21-8-6-20(7-9-21)11-13-4-3-10-23-13/h2-4,10H,1,5-9,11-12H2,(H,17,18). The van der Waals surface area contributed by atoms with E-state index in [9.17, 15) is 4.79 Å². The van der Waals surface area contributed by atoms with Gasteiger partial charge in [0.2, 0.25) is 11.0 Å². The zero-order chi connectivity index (χ0) is 17.5. The molecule has 0 saturated carbocycles. The highest BCUT2D eigenvalue weighted by atomic mass is 32.2. The smallest absolute Gasteiger partial charge is 0.233 e. The van der Waals surface area contributed by atoms with Crippen LogP contribution in [0.25, 0.3) is 0 Å². The molecular formula is C16H21N5OS3. The van der Waals surface area contributed by atoms with Gasteiger partial charge in [-0.2, -0.15) is 0 Å². The zero-order valence-corrected chi connectivity index (χ0v) is 16.3. The Morgan fingerprint density at radius 3 is 2.92 bits per heavy atom. The highest BCUT2D eigenvalue weighted by Gasteiger charge is 2.21. The first kappa shape index (κ1) is 18.4. The van der Waals surface area contributed by atoms with E-state index >= 15 is 0 Å². The van der Waals surface area contributed by atoms with Gasteiger partial charge in [-0.05, 0) is 11.4 Å². The molecule has 1 amide bonds. The number of rotatable bonds is 8. The molecule has 134 valence electrons. The van der Waals surface area contributed by atoms with E-state index in [2.05, 4.69) is 44.5 Å². The van der Waals surface area contributed by atoms with Crippen LogP contribution < -0.4 is 5.32 Å². The third-order valence-electron chi connectivity index (χ3n) is 3.81. The Kier molecular flexibility index (Phi) is 6.85. The number of thiophene rings is 1. The number of hydrogen-bond acceptors (Lipinski definition) is 8. The van der Waals surface area contributed by atoms with E-state index in [0.717, 1.165) is 42.2 Å². The number of carbonyl (C=O) groups is 1. The first-order chi connectivity index (χ1) is 12.2. The van der Waals surface area contributed by atoms with Gasteiger partial charge in [0.1, 0.15) is 0 Å². The minimum Gasteiger partial charge on any atom is -0.357 e. The number of nitrogens with zero attached hydrogens (tertiary/aromatic N) is 4. The third-order valence-corrected chi connectivity index (χ3v) is 6.67. The summed E-state index contributed by atoms with van der Waals surface area (Å²) < 4.78 is 0.816. The van der Waals surface area contributed by atoms with Crippen LogP contribution in [0.3, 0.4) is 0 Å². The monoisotopic (exact) mass is 395 g/mol. The van der Waals surface area contributed by atoms with Crippen molar-refractivity contribution >= 4 is 45.5 Å². The van der Waals surface area contributed by atoms with Gasteiger partial charge < -0.3 is 10.2 Å². The predicted octanol–water partition coefficient (Wildman–Crippen LogP) is 2.63. The number of anilines is 1. The van der Waals surface area contributed by atoms with Gasteiger partial charge in [0.05, 0.1) is 5.75 Å². The van der Waals surface area contributed by atoms with E-state index in [-0.39, 0.29) is 5.91 Å². The maximum absolute atomic E-state index is 12.4. The highest BCUT2D eigenvalue weighted by Crippen LogP contribution is 2.25. The largest absolute Gasteiger partial charge is 0.357 e. The summed E-state index contributed by atoms with van der Waals surface area (Å²) in [6.45, 7) is 8.77. The van der Waals surface area contributed by atoms with E-state index in [4.69, 9.17) is 0 Å². The Hall–Kier alpha value is -1.42. The molecule has 0 spiro atoms. The highest BCUT2D eigenvalue weighted by molar-refractivity contribution is 8.01. The van der Waals surface area contributed by atoms with Crippen LogP contribution in [0.2, 0.25) is 0 Å². The molecule has 0 aromatic carbocycles. The summed E-state index contributed by atoms with van der Waals surface area (Å²) >= 11 is 4.71. The molecule has 1 N–H and O–H groups in total. The summed E-state index contributed by atoms with van der Waals surface area (Å²) in [5.74, 6) is 0.595. The molecule has 0 atom stereocenters. The number of piperazine rings is 1. The summed E-state index contributed by atoms with van der Waals surface area (Å²) in [6, 6.07) is 4.25. The van der Waals surface area contributed by atoms with Gasteiger partial charge in [-0.25, -0.2) is 0 Å². The van der Waals surface area contributed by atoms with Gasteiger partial charge in [-0.3, -0.25) is 9.69 Å². The predicted molar refractivity (Wildman–Crippen MR) is 105 cm³/mol. The average Bonchev–Trinajstić information content (AvgIpc) is 3.30. The first-order valence-corrected chi connectivity index (χ1v) is 10.8. The summed E-state index contributed by atoms with van der Waals surface area (Å²) in [4.78, 5) is 18.1. The van der Waals surface area contributed by atoms with E-state index in [1.54, 1.807) is 17.4 Å². The first-order valence-electron chi connectivity index (χ1n) is 8.08. The van der Waals surface area contributed by atoms with Crippen molar-refractivity contribution in [3.63, 3.8) is 0 Å². The van der Waals surface area contributed by atoms with Gasteiger partial charge >= 0.3 is 0 Å². The number of nitrogens with one attached hydrogen (secondary N) is 1. The fourth-order valence-corrected chi connectivity index (χ4v) is 4.90. The van der Waals surface area contributed by atoms with Gasteiger partial charge in [0, 0.05) is 44.1 Å². The second kappa shape index (κ2) is 9.33. The van der Waals surface area contributed by atoms with Crippen LogP contribution in [0.5, 0.6) is 0 Å². The molecule has 3 rings (SSSR count). The lowest BCUT2D eigenvalue weighted by molar-refractivity contribution is -0.130. The molecule has 9 heteroatoms. The Balaban J connectivity index is 1.39. The van der Waals surface area contributed by atoms with E-state index in [1.807, 2.05) is 4.90 Å². The molecule has 25 heavy (non-hydrogen) atoms. The Morgan fingerprint density at radius 1 is 1.36 bits per heavy atom. The number of thioether (sulfide) groups is 1. The number of hydrogen-bond donors (Lipinski definition) is 1. The van der Waals surface area contributed by atoms with Crippen LogP contribution in [0, 0.1) is 0 Å². The van der Waals surface area contributed by atoms with Crippen LogP contribution in [0.4, 0.5) is 5.13 Å². The van der Waals surface area contributed by atoms with Gasteiger partial charge in [0.25, 0.3) is 0 Å². The fraction of sp³-hybridized carbons (Fsp3) is 0.438. The summed E-state index contributed by atoms with van der Waals surface area (Å²) in [7, 11) is 0. The molecule has 1 aliphatic rings. The molecule has 2 aromatic rings. The minimum absolute atomic E-state index is 0.177. The Bertz CT molecular complexity index is 680. The topological polar surface area (TPSA) is 61.4 Å². The molecule has 0 radical (unpaired) electrons. The van der Waals surface area contributed by atoms with Crippen molar-refractivity contribution in [2.24, 2.45) is 0 Å². The molecule has 3 heterocycles. The zero-order valence-electron chi connectivity index (χ0n) is 13.9. The normalized spacial score (nSPS) is 15.3. The average molecular weight is 396 g/mol. The Morgan fingerprint density at radius 2 is 2.20 bits per heavy atom. The molecule has 0 unspecified atom stereocenters. The number of carbonyl (C=O) groups excluding carboxylic acids is 1. The van der Waals surface area contributed by atoms with E-state index < -0.39 is 0 Å². The van der Waals surface area contributed by atoms with Crippen LogP contribution in [0.1, 0.15) is 4.88 Å². The Labute approximate surface area is 159 Å². The minimum atomic E-state index is 0.177. The lowest BCUT2D eigenvalue weighted by Gasteiger charge is -2.34. The quantitative estimate of drug-likeness (QED) is 0.548. The van der Waals surface area contributed by atoms with Gasteiger partial charge in [-0.15, -0.1) is 28.1 Å². The maximum Gasteiger partial charge on any atom is 0.233 e. The van der Waals surface area contributed by atoms with Crippen molar-refractivity contribution in [3.8, 4) is 0 Å². The lowest BCUT2D eigenvalue weighted by Crippen LogP contribution is -2.48. The van der Waals surface area contributed by atoms with Gasteiger partial charge in [-0.1, -0.05) is 35.2 Å². The molecule has 1 saturated heterocycles. The molecule has 1 fully saturated rings. The van der Waals surface area contributed by atoms with Crippen molar-refractivity contribution in [3.05, 3.63) is 35.0 Å². The molecule has 0 bridgehead atoms. The number of aromatic nitrogens is 2. The van der Waals surface area contributed by atoms with Crippen molar-refractivity contribution in [2.45, 2.75) is 10.9 Å². The molecule has 1 aliphatic heterocycles. The number of amides is 1. The van der Waals surface area contributed by atoms with Crippen molar-refractivity contribution in [1.29, 1.82) is 0 Å². The van der Waals surface area contributed by atoms with Crippen molar-refractivity contribution in [2.75, 3.05) is 43.8 Å². The van der Waals surface area contributed by atoms with E-state index in [1.165, 1.54) is 28.0 Å². The van der Waals surface area contributed by atoms with Crippen molar-refractivity contribution < 1.29 is 4.79 Å². The summed E-state index contributed by atoms with van der Waals surface area (Å²) in [5, 5.41) is 14.1. The second-order valence-corrected chi connectivity index (χ2v) is 8.80. The van der Waals surface area contributed by atoms with Crippen LogP contribution in [-0.4, -0.2) is 64.4 Å². The van der Waals surface area contributed by atoms with Crippen LogP contribution in [0.15, 0.2) is 34.5 Å². The van der Waals surface area contributed by atoms with Gasteiger partial charge in [0.15, 0.2) is 4.34 Å². The molecule has 0 aliphatic carbocycles. The summed E-state index contributed by atoms with van der Waals surface area (Å²) in [6.07, 6.45) is 1.77. The SMILES string of the molecule is C=CCNc1nnc(SCC(=O)N2CCN(Cc3cccs3)CC2)s1. The fourth-order valence-electron chi connectivity index (χ4n) is 2.49. The maximum atomic E-state index is 12.4.